The molecule has 1 amide bonds. The van der Waals surface area contributed by atoms with Gasteiger partial charge in [0.15, 0.2) is 0 Å². The van der Waals surface area contributed by atoms with Gasteiger partial charge in [0.05, 0.1) is 5.52 Å². The topological polar surface area (TPSA) is 108 Å². The van der Waals surface area contributed by atoms with Gasteiger partial charge in [-0.15, -0.1) is 0 Å². The van der Waals surface area contributed by atoms with E-state index >= 15 is 0 Å². The highest BCUT2D eigenvalue weighted by molar-refractivity contribution is 6.00. The SMILES string of the molecule is O=C(O)CN(CC(=O)O)C(=O)c1ccc2ncccc2c1. The lowest BCUT2D eigenvalue weighted by molar-refractivity contribution is -0.140. The Labute approximate surface area is 119 Å². The first-order valence-electron chi connectivity index (χ1n) is 6.05. The molecule has 2 N–H and O–H groups in total. The van der Waals surface area contributed by atoms with Crippen LogP contribution in [0.4, 0.5) is 0 Å². The molecule has 1 heterocycles. The van der Waals surface area contributed by atoms with Crippen LogP contribution in [0.5, 0.6) is 0 Å². The zero-order valence-electron chi connectivity index (χ0n) is 10.9. The van der Waals surface area contributed by atoms with E-state index in [1.165, 1.54) is 6.07 Å². The third-order valence-corrected chi connectivity index (χ3v) is 2.79. The van der Waals surface area contributed by atoms with Crippen LogP contribution in [0.1, 0.15) is 10.4 Å². The number of hydrogen-bond acceptors (Lipinski definition) is 4. The van der Waals surface area contributed by atoms with Gasteiger partial charge < -0.3 is 15.1 Å². The van der Waals surface area contributed by atoms with E-state index in [0.717, 1.165) is 4.90 Å². The van der Waals surface area contributed by atoms with Crippen LogP contribution >= 0.6 is 0 Å². The Kier molecular flexibility index (Phi) is 4.13. The third kappa shape index (κ3) is 3.53. The minimum atomic E-state index is -1.27. The maximum absolute atomic E-state index is 12.2. The van der Waals surface area contributed by atoms with E-state index in [2.05, 4.69) is 4.98 Å². The minimum absolute atomic E-state index is 0.220. The van der Waals surface area contributed by atoms with E-state index in [4.69, 9.17) is 10.2 Å². The first-order valence-corrected chi connectivity index (χ1v) is 6.05. The number of nitrogens with zero attached hydrogens (tertiary/aromatic N) is 2. The van der Waals surface area contributed by atoms with Crippen LogP contribution in [0.25, 0.3) is 10.9 Å². The van der Waals surface area contributed by atoms with Gasteiger partial charge in [-0.05, 0) is 24.3 Å². The second kappa shape index (κ2) is 6.00. The Morgan fingerprint density at radius 3 is 2.33 bits per heavy atom. The quantitative estimate of drug-likeness (QED) is 0.844. The van der Waals surface area contributed by atoms with E-state index < -0.39 is 30.9 Å². The summed E-state index contributed by atoms with van der Waals surface area (Å²) in [7, 11) is 0. The summed E-state index contributed by atoms with van der Waals surface area (Å²) in [6.07, 6.45) is 1.62. The van der Waals surface area contributed by atoms with Crippen molar-refractivity contribution < 1.29 is 24.6 Å². The maximum atomic E-state index is 12.2. The third-order valence-electron chi connectivity index (χ3n) is 2.79. The molecule has 0 fully saturated rings. The first kappa shape index (κ1) is 14.4. The molecule has 0 saturated heterocycles. The van der Waals surface area contributed by atoms with Gasteiger partial charge in [0.25, 0.3) is 5.91 Å². The molecule has 0 aliphatic heterocycles. The molecule has 1 aromatic heterocycles. The van der Waals surface area contributed by atoms with E-state index in [-0.39, 0.29) is 5.56 Å². The van der Waals surface area contributed by atoms with Crippen molar-refractivity contribution in [1.29, 1.82) is 0 Å². The number of carboxylic acid groups (broad SMARTS) is 2. The molecule has 0 saturated carbocycles. The van der Waals surface area contributed by atoms with Gasteiger partial charge in [-0.25, -0.2) is 0 Å². The predicted molar refractivity (Wildman–Crippen MR) is 72.9 cm³/mol. The number of fused-ring (bicyclic) bond motifs is 1. The number of amides is 1. The van der Waals surface area contributed by atoms with Crippen molar-refractivity contribution in [1.82, 2.24) is 9.88 Å². The average molecular weight is 288 g/mol. The summed E-state index contributed by atoms with van der Waals surface area (Å²) < 4.78 is 0. The number of aromatic nitrogens is 1. The summed E-state index contributed by atoms with van der Waals surface area (Å²) in [5.41, 5.74) is 0.912. The highest BCUT2D eigenvalue weighted by atomic mass is 16.4. The predicted octanol–water partition coefficient (Wildman–Crippen LogP) is 0.846. The van der Waals surface area contributed by atoms with Gasteiger partial charge in [-0.2, -0.15) is 0 Å². The number of carbonyl (C=O) groups excluding carboxylic acids is 1. The Balaban J connectivity index is 2.32. The van der Waals surface area contributed by atoms with Crippen molar-refractivity contribution >= 4 is 28.7 Å². The molecule has 21 heavy (non-hydrogen) atoms. The Morgan fingerprint density at radius 2 is 1.71 bits per heavy atom. The largest absolute Gasteiger partial charge is 0.480 e. The van der Waals surface area contributed by atoms with Crippen LogP contribution in [0, 0.1) is 0 Å². The first-order chi connectivity index (χ1) is 9.97. The molecule has 0 atom stereocenters. The minimum Gasteiger partial charge on any atom is -0.480 e. The van der Waals surface area contributed by atoms with Gasteiger partial charge in [-0.1, -0.05) is 6.07 Å². The molecule has 7 heteroatoms. The Bertz CT molecular complexity index is 697. The van der Waals surface area contributed by atoms with Crippen LogP contribution < -0.4 is 0 Å². The fourth-order valence-corrected chi connectivity index (χ4v) is 1.92. The molecule has 0 radical (unpaired) electrons. The lowest BCUT2D eigenvalue weighted by Gasteiger charge is -2.18. The summed E-state index contributed by atoms with van der Waals surface area (Å²) >= 11 is 0. The number of pyridine rings is 1. The molecular weight excluding hydrogens is 276 g/mol. The van der Waals surface area contributed by atoms with Crippen molar-refractivity contribution in [3.8, 4) is 0 Å². The van der Waals surface area contributed by atoms with Gasteiger partial charge in [-0.3, -0.25) is 19.4 Å². The molecule has 0 bridgehead atoms. The Morgan fingerprint density at radius 1 is 1.05 bits per heavy atom. The standard InChI is InChI=1S/C14H12N2O5/c17-12(18)7-16(8-13(19)20)14(21)10-3-4-11-9(6-10)2-1-5-15-11/h1-6H,7-8H2,(H,17,18)(H,19,20). The smallest absolute Gasteiger partial charge is 0.323 e. The molecule has 0 unspecified atom stereocenters. The normalized spacial score (nSPS) is 10.3. The highest BCUT2D eigenvalue weighted by Crippen LogP contribution is 2.15. The molecule has 1 aromatic carbocycles. The summed E-state index contributed by atoms with van der Waals surface area (Å²) in [5.74, 6) is -3.19. The zero-order chi connectivity index (χ0) is 15.4. The molecular formula is C14H12N2O5. The molecule has 2 rings (SSSR count). The van der Waals surface area contributed by atoms with Crippen molar-refractivity contribution in [3.63, 3.8) is 0 Å². The number of rotatable bonds is 5. The number of benzene rings is 1. The monoisotopic (exact) mass is 288 g/mol. The summed E-state index contributed by atoms with van der Waals surface area (Å²) in [6.45, 7) is -1.34. The van der Waals surface area contributed by atoms with Crippen LogP contribution in [-0.2, 0) is 9.59 Å². The van der Waals surface area contributed by atoms with Gasteiger partial charge in [0, 0.05) is 17.1 Å². The zero-order valence-corrected chi connectivity index (χ0v) is 10.9. The van der Waals surface area contributed by atoms with E-state index in [0.29, 0.717) is 10.9 Å². The maximum Gasteiger partial charge on any atom is 0.323 e. The second-order valence-corrected chi connectivity index (χ2v) is 4.36. The number of carbonyl (C=O) groups is 3. The molecule has 0 aliphatic carbocycles. The molecule has 0 aliphatic rings. The van der Waals surface area contributed by atoms with Gasteiger partial charge >= 0.3 is 11.9 Å². The van der Waals surface area contributed by atoms with Crippen LogP contribution in [0.2, 0.25) is 0 Å². The summed E-state index contributed by atoms with van der Waals surface area (Å²) in [6, 6.07) is 8.15. The van der Waals surface area contributed by atoms with Crippen molar-refractivity contribution in [2.75, 3.05) is 13.1 Å². The van der Waals surface area contributed by atoms with Gasteiger partial charge in [0.1, 0.15) is 13.1 Å². The van der Waals surface area contributed by atoms with Crippen molar-refractivity contribution in [3.05, 3.63) is 42.1 Å². The van der Waals surface area contributed by atoms with Crippen molar-refractivity contribution in [2.24, 2.45) is 0 Å². The average Bonchev–Trinajstić information content (AvgIpc) is 2.44. The van der Waals surface area contributed by atoms with E-state index in [9.17, 15) is 14.4 Å². The van der Waals surface area contributed by atoms with Crippen molar-refractivity contribution in [2.45, 2.75) is 0 Å². The van der Waals surface area contributed by atoms with E-state index in [1.54, 1.807) is 30.5 Å². The Hall–Kier alpha value is -2.96. The van der Waals surface area contributed by atoms with Gasteiger partial charge in [0.2, 0.25) is 0 Å². The number of aliphatic carboxylic acids is 2. The summed E-state index contributed by atoms with van der Waals surface area (Å²) in [5, 5.41) is 18.3. The lowest BCUT2D eigenvalue weighted by atomic mass is 10.1. The highest BCUT2D eigenvalue weighted by Gasteiger charge is 2.21. The second-order valence-electron chi connectivity index (χ2n) is 4.36. The number of hydrogen-bond donors (Lipinski definition) is 2. The van der Waals surface area contributed by atoms with Crippen LogP contribution in [0.15, 0.2) is 36.5 Å². The molecule has 108 valence electrons. The number of carboxylic acids is 2. The fourth-order valence-electron chi connectivity index (χ4n) is 1.92. The lowest BCUT2D eigenvalue weighted by Crippen LogP contribution is -2.39. The summed E-state index contributed by atoms with van der Waals surface area (Å²) in [4.78, 5) is 38.6. The van der Waals surface area contributed by atoms with E-state index in [1.807, 2.05) is 0 Å². The molecule has 0 spiro atoms. The molecule has 7 nitrogen and oxygen atoms in total. The van der Waals surface area contributed by atoms with Crippen LogP contribution in [0.3, 0.4) is 0 Å². The molecule has 2 aromatic rings. The van der Waals surface area contributed by atoms with Crippen LogP contribution in [-0.4, -0.2) is 51.0 Å². The fraction of sp³-hybridized carbons (Fsp3) is 0.143.